The van der Waals surface area contributed by atoms with Gasteiger partial charge in [0.05, 0.1) is 4.90 Å². The lowest BCUT2D eigenvalue weighted by Crippen LogP contribution is -2.38. The summed E-state index contributed by atoms with van der Waals surface area (Å²) < 4.78 is 28.3. The number of likely N-dealkylation sites (tertiary alicyclic amines) is 1. The third-order valence-corrected chi connectivity index (χ3v) is 7.07. The van der Waals surface area contributed by atoms with Crippen LogP contribution in [-0.4, -0.2) is 37.9 Å². The summed E-state index contributed by atoms with van der Waals surface area (Å²) in [6.45, 7) is 9.26. The van der Waals surface area contributed by atoms with Crippen molar-refractivity contribution < 1.29 is 8.42 Å². The van der Waals surface area contributed by atoms with Crippen molar-refractivity contribution in [2.75, 3.05) is 19.6 Å². The Morgan fingerprint density at radius 1 is 1.04 bits per heavy atom. The molecule has 2 heterocycles. The van der Waals surface area contributed by atoms with Gasteiger partial charge in [-0.15, -0.1) is 0 Å². The quantitative estimate of drug-likeness (QED) is 0.827. The van der Waals surface area contributed by atoms with Gasteiger partial charge in [0.15, 0.2) is 0 Å². The first-order valence-corrected chi connectivity index (χ1v) is 11.0. The van der Waals surface area contributed by atoms with Gasteiger partial charge in [0, 0.05) is 25.5 Å². The zero-order valence-electron chi connectivity index (χ0n) is 16.4. The predicted octanol–water partition coefficient (Wildman–Crippen LogP) is 3.20. The van der Waals surface area contributed by atoms with Crippen molar-refractivity contribution in [2.24, 2.45) is 5.92 Å². The molecule has 1 saturated heterocycles. The number of pyridine rings is 1. The van der Waals surface area contributed by atoms with Crippen LogP contribution >= 0.6 is 0 Å². The highest BCUT2D eigenvalue weighted by molar-refractivity contribution is 7.89. The largest absolute Gasteiger partial charge is 0.299 e. The number of rotatable bonds is 6. The molecule has 0 radical (unpaired) electrons. The number of piperidine rings is 1. The van der Waals surface area contributed by atoms with Gasteiger partial charge in [-0.1, -0.05) is 6.07 Å². The zero-order valence-corrected chi connectivity index (χ0v) is 17.2. The van der Waals surface area contributed by atoms with E-state index in [4.69, 9.17) is 0 Å². The van der Waals surface area contributed by atoms with Crippen LogP contribution in [0.25, 0.3) is 0 Å². The van der Waals surface area contributed by atoms with Crippen molar-refractivity contribution in [1.29, 1.82) is 0 Å². The highest BCUT2D eigenvalue weighted by Gasteiger charge is 2.23. The number of aryl methyl sites for hydroxylation is 3. The maximum absolute atomic E-state index is 12.7. The number of nitrogens with zero attached hydrogens (tertiary/aromatic N) is 2. The Morgan fingerprint density at radius 2 is 1.67 bits per heavy atom. The van der Waals surface area contributed by atoms with E-state index in [1.54, 1.807) is 6.07 Å². The van der Waals surface area contributed by atoms with Gasteiger partial charge in [0.2, 0.25) is 10.0 Å². The first-order valence-electron chi connectivity index (χ1n) is 9.54. The lowest BCUT2D eigenvalue weighted by Gasteiger charge is -2.32. The monoisotopic (exact) mass is 387 g/mol. The number of benzene rings is 1. The third-order valence-electron chi connectivity index (χ3n) is 5.51. The Bertz CT molecular complexity index is 874. The maximum atomic E-state index is 12.7. The van der Waals surface area contributed by atoms with Gasteiger partial charge in [0.1, 0.15) is 0 Å². The summed E-state index contributed by atoms with van der Waals surface area (Å²) in [5.41, 5.74) is 4.20. The van der Waals surface area contributed by atoms with Gasteiger partial charge in [-0.05, 0) is 93.1 Å². The van der Waals surface area contributed by atoms with Gasteiger partial charge in [-0.25, -0.2) is 13.1 Å². The fraction of sp³-hybridized carbons (Fsp3) is 0.476. The molecule has 5 nitrogen and oxygen atoms in total. The molecule has 3 rings (SSSR count). The van der Waals surface area contributed by atoms with Crippen LogP contribution in [-0.2, 0) is 16.6 Å². The van der Waals surface area contributed by atoms with E-state index in [1.807, 2.05) is 51.4 Å². The Kier molecular flexibility index (Phi) is 6.29. The second-order valence-corrected chi connectivity index (χ2v) is 9.36. The smallest absolute Gasteiger partial charge is 0.240 e. The molecule has 1 N–H and O–H groups in total. The van der Waals surface area contributed by atoms with Gasteiger partial charge in [-0.2, -0.15) is 0 Å². The molecule has 0 spiro atoms. The molecule has 146 valence electrons. The fourth-order valence-corrected chi connectivity index (χ4v) is 5.05. The standard InChI is InChI=1S/C21H29N3O2S/c1-16-12-18(3)21(13-17(16)2)27(25,26)23-14-19-6-10-24(11-7-19)15-20-4-8-22-9-5-20/h4-5,8-9,12-13,19,23H,6-7,10-11,14-15H2,1-3H3. The minimum absolute atomic E-state index is 0.389. The Balaban J connectivity index is 1.53. The van der Waals surface area contributed by atoms with Crippen LogP contribution in [0.2, 0.25) is 0 Å². The molecule has 1 fully saturated rings. The van der Waals surface area contributed by atoms with Crippen molar-refractivity contribution in [3.05, 3.63) is 58.9 Å². The molecule has 0 aliphatic carbocycles. The van der Waals surface area contributed by atoms with Gasteiger partial charge in [0.25, 0.3) is 0 Å². The molecule has 0 atom stereocenters. The zero-order chi connectivity index (χ0) is 19.4. The third kappa shape index (κ3) is 5.15. The molecule has 6 heteroatoms. The van der Waals surface area contributed by atoms with E-state index < -0.39 is 10.0 Å². The molecule has 0 saturated carbocycles. The van der Waals surface area contributed by atoms with Crippen LogP contribution in [0.5, 0.6) is 0 Å². The minimum atomic E-state index is -3.46. The first-order chi connectivity index (χ1) is 12.8. The van der Waals surface area contributed by atoms with E-state index in [0.717, 1.165) is 49.2 Å². The normalized spacial score (nSPS) is 16.6. The highest BCUT2D eigenvalue weighted by Crippen LogP contribution is 2.22. The minimum Gasteiger partial charge on any atom is -0.299 e. The molecule has 1 aliphatic rings. The van der Waals surface area contributed by atoms with Crippen LogP contribution in [0.1, 0.15) is 35.1 Å². The molecule has 1 aromatic carbocycles. The highest BCUT2D eigenvalue weighted by atomic mass is 32.2. The Morgan fingerprint density at radius 3 is 2.33 bits per heavy atom. The molecule has 0 bridgehead atoms. The predicted molar refractivity (Wildman–Crippen MR) is 108 cm³/mol. The average molecular weight is 388 g/mol. The average Bonchev–Trinajstić information content (AvgIpc) is 2.65. The molecular weight excluding hydrogens is 358 g/mol. The van der Waals surface area contributed by atoms with Crippen molar-refractivity contribution in [3.8, 4) is 0 Å². The number of hydrogen-bond acceptors (Lipinski definition) is 4. The van der Waals surface area contributed by atoms with Crippen molar-refractivity contribution >= 4 is 10.0 Å². The summed E-state index contributed by atoms with van der Waals surface area (Å²) in [6, 6.07) is 7.82. The van der Waals surface area contributed by atoms with Crippen LogP contribution in [0.4, 0.5) is 0 Å². The van der Waals surface area contributed by atoms with E-state index in [-0.39, 0.29) is 0 Å². The number of hydrogen-bond donors (Lipinski definition) is 1. The summed E-state index contributed by atoms with van der Waals surface area (Å²) in [5, 5.41) is 0. The van der Waals surface area contributed by atoms with E-state index in [2.05, 4.69) is 14.6 Å². The van der Waals surface area contributed by atoms with Crippen molar-refractivity contribution in [1.82, 2.24) is 14.6 Å². The van der Waals surface area contributed by atoms with Crippen LogP contribution in [0, 0.1) is 26.7 Å². The van der Waals surface area contributed by atoms with Crippen molar-refractivity contribution in [2.45, 2.75) is 45.1 Å². The van der Waals surface area contributed by atoms with E-state index in [9.17, 15) is 8.42 Å². The molecule has 27 heavy (non-hydrogen) atoms. The lowest BCUT2D eigenvalue weighted by molar-refractivity contribution is 0.178. The molecule has 1 aromatic heterocycles. The second kappa shape index (κ2) is 8.50. The first kappa shape index (κ1) is 20.0. The van der Waals surface area contributed by atoms with Gasteiger partial charge >= 0.3 is 0 Å². The number of aromatic nitrogens is 1. The SMILES string of the molecule is Cc1cc(C)c(S(=O)(=O)NCC2CCN(Cc3ccncc3)CC2)cc1C. The Labute approximate surface area is 162 Å². The van der Waals surface area contributed by atoms with Crippen LogP contribution in [0.15, 0.2) is 41.6 Å². The summed E-state index contributed by atoms with van der Waals surface area (Å²) in [6.07, 6.45) is 5.68. The van der Waals surface area contributed by atoms with E-state index in [1.165, 1.54) is 5.56 Å². The molecule has 0 unspecified atom stereocenters. The molecular formula is C21H29N3O2S. The molecule has 1 aliphatic heterocycles. The van der Waals surface area contributed by atoms with E-state index in [0.29, 0.717) is 17.4 Å². The molecule has 0 amide bonds. The number of sulfonamides is 1. The second-order valence-electron chi connectivity index (χ2n) is 7.63. The van der Waals surface area contributed by atoms with Crippen molar-refractivity contribution in [3.63, 3.8) is 0 Å². The fourth-order valence-electron chi connectivity index (χ4n) is 3.62. The van der Waals surface area contributed by atoms with E-state index >= 15 is 0 Å². The summed E-state index contributed by atoms with van der Waals surface area (Å²) in [4.78, 5) is 6.88. The van der Waals surface area contributed by atoms with Crippen LogP contribution in [0.3, 0.4) is 0 Å². The van der Waals surface area contributed by atoms with Crippen LogP contribution < -0.4 is 4.72 Å². The summed E-state index contributed by atoms with van der Waals surface area (Å²) >= 11 is 0. The maximum Gasteiger partial charge on any atom is 0.240 e. The van der Waals surface area contributed by atoms with Gasteiger partial charge in [-0.3, -0.25) is 9.88 Å². The summed E-state index contributed by atoms with van der Waals surface area (Å²) in [5.74, 6) is 0.389. The number of nitrogens with one attached hydrogen (secondary N) is 1. The molecule has 2 aromatic rings. The Hall–Kier alpha value is -1.76. The summed E-state index contributed by atoms with van der Waals surface area (Å²) in [7, 11) is -3.46. The topological polar surface area (TPSA) is 62.3 Å². The van der Waals surface area contributed by atoms with Gasteiger partial charge < -0.3 is 0 Å². The lowest BCUT2D eigenvalue weighted by atomic mass is 9.97.